The second-order valence-corrected chi connectivity index (χ2v) is 5.15. The van der Waals surface area contributed by atoms with Gasteiger partial charge < -0.3 is 10.2 Å². The summed E-state index contributed by atoms with van der Waals surface area (Å²) in [4.78, 5) is 26.1. The van der Waals surface area contributed by atoms with Gasteiger partial charge in [-0.15, -0.1) is 0 Å². The molecule has 0 heterocycles. The monoisotopic (exact) mass is 312 g/mol. The third-order valence-corrected chi connectivity index (χ3v) is 3.06. The molecule has 0 aromatic heterocycles. The van der Waals surface area contributed by atoms with E-state index >= 15 is 0 Å². The highest BCUT2D eigenvalue weighted by Gasteiger charge is 2.13. The number of anilines is 1. The van der Waals surface area contributed by atoms with Gasteiger partial charge in [-0.05, 0) is 30.3 Å². The summed E-state index contributed by atoms with van der Waals surface area (Å²) in [5.41, 5.74) is 0.806. The summed E-state index contributed by atoms with van der Waals surface area (Å²) in [6.45, 7) is 0. The van der Waals surface area contributed by atoms with Gasteiger partial charge >= 0.3 is 0 Å². The normalized spacial score (nSPS) is 10.6. The number of hydrogen-bond donors (Lipinski definition) is 1. The van der Waals surface area contributed by atoms with Crippen LogP contribution in [0, 0.1) is 5.82 Å². The summed E-state index contributed by atoms with van der Waals surface area (Å²) in [6, 6.07) is 12.2. The van der Waals surface area contributed by atoms with Crippen LogP contribution in [0.25, 0.3) is 0 Å². The number of benzene rings is 2. The summed E-state index contributed by atoms with van der Waals surface area (Å²) in [6.07, 6.45) is 2.96. The Balaban J connectivity index is 2.29. The Bertz CT molecular complexity index is 740. The quantitative estimate of drug-likeness (QED) is 0.680. The first kappa shape index (κ1) is 16.4. The number of carbonyl (C=O) groups excluding carboxylic acids is 2. The van der Waals surface area contributed by atoms with E-state index in [2.05, 4.69) is 5.32 Å². The lowest BCUT2D eigenvalue weighted by atomic mass is 10.1. The molecule has 1 amide bonds. The molecule has 0 radical (unpaired) electrons. The average Bonchev–Trinajstić information content (AvgIpc) is 2.53. The van der Waals surface area contributed by atoms with Crippen molar-refractivity contribution in [1.29, 1.82) is 0 Å². The third-order valence-electron chi connectivity index (χ3n) is 3.06. The molecule has 0 aliphatic rings. The van der Waals surface area contributed by atoms with Crippen molar-refractivity contribution >= 4 is 17.4 Å². The predicted octanol–water partition coefficient (Wildman–Crippen LogP) is 3.34. The van der Waals surface area contributed by atoms with Crippen LogP contribution in [0.3, 0.4) is 0 Å². The van der Waals surface area contributed by atoms with Gasteiger partial charge in [-0.3, -0.25) is 9.59 Å². The molecule has 0 spiro atoms. The van der Waals surface area contributed by atoms with E-state index in [1.807, 2.05) is 0 Å². The maximum Gasteiger partial charge on any atom is 0.255 e. The number of amides is 1. The van der Waals surface area contributed by atoms with Crippen molar-refractivity contribution in [2.45, 2.75) is 0 Å². The highest BCUT2D eigenvalue weighted by Crippen LogP contribution is 2.19. The molecular weight excluding hydrogens is 295 g/mol. The predicted molar refractivity (Wildman–Crippen MR) is 88.0 cm³/mol. The van der Waals surface area contributed by atoms with Gasteiger partial charge in [0.1, 0.15) is 5.82 Å². The first-order valence-electron chi connectivity index (χ1n) is 7.02. The lowest BCUT2D eigenvalue weighted by Gasteiger charge is -2.10. The van der Waals surface area contributed by atoms with Gasteiger partial charge in [-0.1, -0.05) is 18.2 Å². The molecule has 5 heteroatoms. The Morgan fingerprint density at radius 1 is 1.09 bits per heavy atom. The number of allylic oxidation sites excluding steroid dienone is 1. The summed E-state index contributed by atoms with van der Waals surface area (Å²) < 4.78 is 13.5. The smallest absolute Gasteiger partial charge is 0.255 e. The highest BCUT2D eigenvalue weighted by atomic mass is 19.1. The molecule has 2 rings (SSSR count). The lowest BCUT2D eigenvalue weighted by molar-refractivity contribution is 0.102. The van der Waals surface area contributed by atoms with Crippen molar-refractivity contribution in [2.24, 2.45) is 0 Å². The number of ketones is 1. The zero-order valence-electron chi connectivity index (χ0n) is 12.9. The van der Waals surface area contributed by atoms with E-state index < -0.39 is 11.7 Å². The molecule has 0 aliphatic carbocycles. The van der Waals surface area contributed by atoms with Crippen LogP contribution < -0.4 is 5.32 Å². The van der Waals surface area contributed by atoms with Gasteiger partial charge in [0.2, 0.25) is 0 Å². The van der Waals surface area contributed by atoms with Crippen LogP contribution in [0.1, 0.15) is 20.7 Å². The molecule has 0 unspecified atom stereocenters. The topological polar surface area (TPSA) is 49.4 Å². The third kappa shape index (κ3) is 4.51. The fourth-order valence-electron chi connectivity index (χ4n) is 1.93. The Kier molecular flexibility index (Phi) is 5.25. The van der Waals surface area contributed by atoms with E-state index in [4.69, 9.17) is 0 Å². The van der Waals surface area contributed by atoms with E-state index in [0.717, 1.165) is 6.07 Å². The van der Waals surface area contributed by atoms with Crippen molar-refractivity contribution in [3.63, 3.8) is 0 Å². The molecule has 118 valence electrons. The Morgan fingerprint density at radius 2 is 1.78 bits per heavy atom. The van der Waals surface area contributed by atoms with E-state index in [0.29, 0.717) is 5.56 Å². The number of halogens is 1. The minimum absolute atomic E-state index is 0.146. The molecule has 0 saturated carbocycles. The zero-order chi connectivity index (χ0) is 16.8. The number of nitrogens with one attached hydrogen (secondary N) is 1. The maximum atomic E-state index is 13.5. The van der Waals surface area contributed by atoms with Crippen molar-refractivity contribution in [2.75, 3.05) is 19.4 Å². The van der Waals surface area contributed by atoms with Gasteiger partial charge in [0.15, 0.2) is 5.78 Å². The van der Waals surface area contributed by atoms with Crippen LogP contribution in [0.5, 0.6) is 0 Å². The van der Waals surface area contributed by atoms with Gasteiger partial charge in [-0.25, -0.2) is 4.39 Å². The molecule has 0 saturated heterocycles. The zero-order valence-corrected chi connectivity index (χ0v) is 12.9. The van der Waals surface area contributed by atoms with Gasteiger partial charge in [-0.2, -0.15) is 0 Å². The molecule has 4 nitrogen and oxygen atoms in total. The van der Waals surface area contributed by atoms with Gasteiger partial charge in [0.05, 0.1) is 5.69 Å². The average molecular weight is 312 g/mol. The highest BCUT2D eigenvalue weighted by molar-refractivity contribution is 6.12. The van der Waals surface area contributed by atoms with Crippen LogP contribution in [0.15, 0.2) is 60.8 Å². The minimum Gasteiger partial charge on any atom is -0.383 e. The Morgan fingerprint density at radius 3 is 2.43 bits per heavy atom. The fraction of sp³-hybridized carbons (Fsp3) is 0.111. The number of carbonyl (C=O) groups is 2. The second-order valence-electron chi connectivity index (χ2n) is 5.15. The van der Waals surface area contributed by atoms with E-state index in [9.17, 15) is 14.0 Å². The van der Waals surface area contributed by atoms with Crippen LogP contribution >= 0.6 is 0 Å². The minimum atomic E-state index is -0.526. The summed E-state index contributed by atoms with van der Waals surface area (Å²) in [7, 11) is 3.57. The summed E-state index contributed by atoms with van der Waals surface area (Å²) in [5, 5.41) is 2.59. The molecule has 0 fully saturated rings. The summed E-state index contributed by atoms with van der Waals surface area (Å²) in [5.74, 6) is -1.24. The SMILES string of the molecule is CN(C)/C=C/C(=O)c1ccc(F)cc1NC(=O)c1ccccc1. The van der Waals surface area contributed by atoms with E-state index in [1.54, 1.807) is 55.5 Å². The van der Waals surface area contributed by atoms with Crippen LogP contribution in [0.2, 0.25) is 0 Å². The molecule has 2 aromatic carbocycles. The molecule has 2 aromatic rings. The first-order chi connectivity index (χ1) is 11.0. The van der Waals surface area contributed by atoms with E-state index in [-0.39, 0.29) is 17.0 Å². The van der Waals surface area contributed by atoms with Gasteiger partial charge in [0.25, 0.3) is 5.91 Å². The van der Waals surface area contributed by atoms with Crippen molar-refractivity contribution < 1.29 is 14.0 Å². The van der Waals surface area contributed by atoms with Crippen molar-refractivity contribution in [3.05, 3.63) is 77.8 Å². The molecule has 0 bridgehead atoms. The number of hydrogen-bond acceptors (Lipinski definition) is 3. The number of nitrogens with zero attached hydrogens (tertiary/aromatic N) is 1. The van der Waals surface area contributed by atoms with Crippen LogP contribution in [-0.4, -0.2) is 30.7 Å². The standard InChI is InChI=1S/C18H17FN2O2/c1-21(2)11-10-17(22)15-9-8-14(19)12-16(15)20-18(23)13-6-4-3-5-7-13/h3-12H,1-2H3,(H,20,23)/b11-10+. The van der Waals surface area contributed by atoms with Crippen LogP contribution in [0.4, 0.5) is 10.1 Å². The number of rotatable bonds is 5. The Hall–Kier alpha value is -2.95. The lowest BCUT2D eigenvalue weighted by Crippen LogP contribution is -2.15. The molecule has 0 atom stereocenters. The van der Waals surface area contributed by atoms with Crippen molar-refractivity contribution in [3.8, 4) is 0 Å². The van der Waals surface area contributed by atoms with Crippen LogP contribution in [-0.2, 0) is 0 Å². The fourth-order valence-corrected chi connectivity index (χ4v) is 1.93. The van der Waals surface area contributed by atoms with Crippen molar-refractivity contribution in [1.82, 2.24) is 4.90 Å². The summed E-state index contributed by atoms with van der Waals surface area (Å²) >= 11 is 0. The largest absolute Gasteiger partial charge is 0.383 e. The molecule has 1 N–H and O–H groups in total. The van der Waals surface area contributed by atoms with E-state index in [1.165, 1.54) is 18.2 Å². The first-order valence-corrected chi connectivity index (χ1v) is 7.02. The molecular formula is C18H17FN2O2. The van der Waals surface area contributed by atoms with Gasteiger partial charge in [0, 0.05) is 37.5 Å². The Labute approximate surface area is 134 Å². The maximum absolute atomic E-state index is 13.5. The molecule has 0 aliphatic heterocycles. The second kappa shape index (κ2) is 7.35. The molecule has 23 heavy (non-hydrogen) atoms.